The molecule has 0 radical (unpaired) electrons. The van der Waals surface area contributed by atoms with Gasteiger partial charge in [-0.1, -0.05) is 13.8 Å². The van der Waals surface area contributed by atoms with Crippen molar-refractivity contribution in [3.05, 3.63) is 17.7 Å². The van der Waals surface area contributed by atoms with Crippen LogP contribution in [0.3, 0.4) is 0 Å². The van der Waals surface area contributed by atoms with Crippen LogP contribution >= 0.6 is 11.8 Å². The summed E-state index contributed by atoms with van der Waals surface area (Å²) in [6.07, 6.45) is 1.90. The van der Waals surface area contributed by atoms with E-state index in [0.717, 1.165) is 23.8 Å². The van der Waals surface area contributed by atoms with Crippen LogP contribution in [0.25, 0.3) is 0 Å². The molecular formula is C9H17N3S. The van der Waals surface area contributed by atoms with E-state index < -0.39 is 0 Å². The van der Waals surface area contributed by atoms with E-state index in [1.807, 2.05) is 25.0 Å². The van der Waals surface area contributed by atoms with Gasteiger partial charge < -0.3 is 10.3 Å². The van der Waals surface area contributed by atoms with Crippen LogP contribution in [-0.4, -0.2) is 22.3 Å². The second-order valence-corrected chi connectivity index (χ2v) is 4.81. The molecule has 74 valence electrons. The van der Waals surface area contributed by atoms with Gasteiger partial charge in [0.05, 0.1) is 5.75 Å². The molecular weight excluding hydrogens is 182 g/mol. The lowest BCUT2D eigenvalue weighted by molar-refractivity contribution is 0.794. The van der Waals surface area contributed by atoms with Gasteiger partial charge in [0.1, 0.15) is 5.82 Å². The SMILES string of the molecule is CNCc1cnc(CSC(C)C)[nH]1. The molecule has 0 aliphatic rings. The third kappa shape index (κ3) is 3.83. The molecule has 0 atom stereocenters. The molecule has 13 heavy (non-hydrogen) atoms. The van der Waals surface area contributed by atoms with Crippen molar-refractivity contribution >= 4 is 11.8 Å². The zero-order valence-electron chi connectivity index (χ0n) is 8.42. The molecule has 0 amide bonds. The van der Waals surface area contributed by atoms with Crippen molar-refractivity contribution in [2.75, 3.05) is 7.05 Å². The van der Waals surface area contributed by atoms with Crippen LogP contribution in [0.1, 0.15) is 25.4 Å². The van der Waals surface area contributed by atoms with Crippen LogP contribution < -0.4 is 5.32 Å². The van der Waals surface area contributed by atoms with Gasteiger partial charge >= 0.3 is 0 Å². The number of nitrogens with one attached hydrogen (secondary N) is 2. The van der Waals surface area contributed by atoms with Gasteiger partial charge in [-0.05, 0) is 12.3 Å². The number of imidazole rings is 1. The minimum atomic E-state index is 0.665. The summed E-state index contributed by atoms with van der Waals surface area (Å²) in [4.78, 5) is 7.57. The van der Waals surface area contributed by atoms with Gasteiger partial charge in [0.25, 0.3) is 0 Å². The van der Waals surface area contributed by atoms with Gasteiger partial charge in [-0.3, -0.25) is 0 Å². The highest BCUT2D eigenvalue weighted by Gasteiger charge is 2.01. The summed E-state index contributed by atoms with van der Waals surface area (Å²) in [5.74, 6) is 2.05. The molecule has 0 aliphatic carbocycles. The van der Waals surface area contributed by atoms with E-state index in [1.54, 1.807) is 0 Å². The van der Waals surface area contributed by atoms with Crippen LogP contribution in [0, 0.1) is 0 Å². The molecule has 0 fully saturated rings. The van der Waals surface area contributed by atoms with Gasteiger partial charge in [0.2, 0.25) is 0 Å². The number of aromatic nitrogens is 2. The first kappa shape index (κ1) is 10.6. The van der Waals surface area contributed by atoms with Crippen LogP contribution in [-0.2, 0) is 12.3 Å². The molecule has 0 saturated carbocycles. The standard InChI is InChI=1S/C9H17N3S/c1-7(2)13-6-9-11-5-8(12-9)4-10-3/h5,7,10H,4,6H2,1-3H3,(H,11,12). The third-order valence-corrected chi connectivity index (χ3v) is 2.71. The molecule has 2 N–H and O–H groups in total. The Kier molecular flexibility index (Phi) is 4.32. The number of nitrogens with zero attached hydrogens (tertiary/aromatic N) is 1. The molecule has 0 bridgehead atoms. The minimum Gasteiger partial charge on any atom is -0.344 e. The number of rotatable bonds is 5. The fraction of sp³-hybridized carbons (Fsp3) is 0.667. The fourth-order valence-corrected chi connectivity index (χ4v) is 1.64. The number of aromatic amines is 1. The van der Waals surface area contributed by atoms with E-state index in [9.17, 15) is 0 Å². The molecule has 0 spiro atoms. The first-order chi connectivity index (χ1) is 6.22. The highest BCUT2D eigenvalue weighted by molar-refractivity contribution is 7.99. The maximum atomic E-state index is 4.29. The summed E-state index contributed by atoms with van der Waals surface area (Å²) >= 11 is 1.90. The van der Waals surface area contributed by atoms with Gasteiger partial charge in [-0.2, -0.15) is 11.8 Å². The minimum absolute atomic E-state index is 0.665. The maximum absolute atomic E-state index is 4.29. The normalized spacial score (nSPS) is 11.1. The van der Waals surface area contributed by atoms with Crippen molar-refractivity contribution in [3.8, 4) is 0 Å². The summed E-state index contributed by atoms with van der Waals surface area (Å²) in [6.45, 7) is 5.25. The Morgan fingerprint density at radius 2 is 2.38 bits per heavy atom. The van der Waals surface area contributed by atoms with Crippen molar-refractivity contribution in [3.63, 3.8) is 0 Å². The van der Waals surface area contributed by atoms with Crippen molar-refractivity contribution in [1.29, 1.82) is 0 Å². The van der Waals surface area contributed by atoms with Gasteiger partial charge in [-0.15, -0.1) is 0 Å². The molecule has 1 aromatic heterocycles. The van der Waals surface area contributed by atoms with Gasteiger partial charge in [-0.25, -0.2) is 4.98 Å². The van der Waals surface area contributed by atoms with Gasteiger partial charge in [0.15, 0.2) is 0 Å². The van der Waals surface area contributed by atoms with E-state index in [2.05, 4.69) is 29.1 Å². The largest absolute Gasteiger partial charge is 0.344 e. The lowest BCUT2D eigenvalue weighted by atomic mass is 10.5. The molecule has 0 aliphatic heterocycles. The first-order valence-corrected chi connectivity index (χ1v) is 5.56. The van der Waals surface area contributed by atoms with Gasteiger partial charge in [0, 0.05) is 18.4 Å². The summed E-state index contributed by atoms with van der Waals surface area (Å²) in [7, 11) is 1.93. The zero-order valence-corrected chi connectivity index (χ0v) is 9.24. The summed E-state index contributed by atoms with van der Waals surface area (Å²) in [5.41, 5.74) is 1.15. The van der Waals surface area contributed by atoms with E-state index in [-0.39, 0.29) is 0 Å². The van der Waals surface area contributed by atoms with E-state index in [1.165, 1.54) is 0 Å². The molecule has 1 aromatic rings. The van der Waals surface area contributed by atoms with Crippen LogP contribution in [0.5, 0.6) is 0 Å². The van der Waals surface area contributed by atoms with Crippen LogP contribution in [0.4, 0.5) is 0 Å². The van der Waals surface area contributed by atoms with Crippen molar-refractivity contribution < 1.29 is 0 Å². The van der Waals surface area contributed by atoms with Crippen molar-refractivity contribution in [1.82, 2.24) is 15.3 Å². The second kappa shape index (κ2) is 5.29. The Hall–Kier alpha value is -0.480. The molecule has 1 heterocycles. The molecule has 0 unspecified atom stereocenters. The summed E-state index contributed by atoms with van der Waals surface area (Å²) < 4.78 is 0. The quantitative estimate of drug-likeness (QED) is 0.759. The highest BCUT2D eigenvalue weighted by atomic mass is 32.2. The highest BCUT2D eigenvalue weighted by Crippen LogP contribution is 2.14. The molecule has 3 nitrogen and oxygen atoms in total. The number of thioether (sulfide) groups is 1. The predicted octanol–water partition coefficient (Wildman–Crippen LogP) is 1.77. The Morgan fingerprint density at radius 1 is 1.62 bits per heavy atom. The van der Waals surface area contributed by atoms with Crippen molar-refractivity contribution in [2.45, 2.75) is 31.4 Å². The number of hydrogen-bond acceptors (Lipinski definition) is 3. The topological polar surface area (TPSA) is 40.7 Å². The first-order valence-electron chi connectivity index (χ1n) is 4.51. The zero-order chi connectivity index (χ0) is 9.68. The van der Waals surface area contributed by atoms with E-state index in [4.69, 9.17) is 0 Å². The second-order valence-electron chi connectivity index (χ2n) is 3.25. The molecule has 4 heteroatoms. The lowest BCUT2D eigenvalue weighted by Crippen LogP contribution is -2.05. The smallest absolute Gasteiger partial charge is 0.116 e. The van der Waals surface area contributed by atoms with Crippen LogP contribution in [0.2, 0.25) is 0 Å². The number of hydrogen-bond donors (Lipinski definition) is 2. The van der Waals surface area contributed by atoms with E-state index >= 15 is 0 Å². The average Bonchev–Trinajstić information content (AvgIpc) is 2.50. The molecule has 0 aromatic carbocycles. The van der Waals surface area contributed by atoms with Crippen LogP contribution in [0.15, 0.2) is 6.20 Å². The molecule has 0 saturated heterocycles. The average molecular weight is 199 g/mol. The predicted molar refractivity (Wildman–Crippen MR) is 57.8 cm³/mol. The Morgan fingerprint density at radius 3 is 3.00 bits per heavy atom. The Bertz CT molecular complexity index is 245. The van der Waals surface area contributed by atoms with Crippen molar-refractivity contribution in [2.24, 2.45) is 0 Å². The summed E-state index contributed by atoms with van der Waals surface area (Å²) in [6, 6.07) is 0. The number of H-pyrrole nitrogens is 1. The molecule has 1 rings (SSSR count). The third-order valence-electron chi connectivity index (χ3n) is 1.60. The fourth-order valence-electron chi connectivity index (χ4n) is 1.00. The lowest BCUT2D eigenvalue weighted by Gasteiger charge is -2.01. The van der Waals surface area contributed by atoms with E-state index in [0.29, 0.717) is 5.25 Å². The maximum Gasteiger partial charge on any atom is 0.116 e. The summed E-state index contributed by atoms with van der Waals surface area (Å²) in [5, 5.41) is 3.75. The Balaban J connectivity index is 2.39. The monoisotopic (exact) mass is 199 g/mol. The Labute approximate surface area is 83.7 Å².